The van der Waals surface area contributed by atoms with Crippen LogP contribution in [0.1, 0.15) is 31.2 Å². The van der Waals surface area contributed by atoms with Gasteiger partial charge in [-0.3, -0.25) is 9.69 Å². The maximum absolute atomic E-state index is 12.9. The fraction of sp³-hybridized carbons (Fsp3) is 0.500. The first kappa shape index (κ1) is 18.5. The van der Waals surface area contributed by atoms with Gasteiger partial charge in [-0.1, -0.05) is 18.9 Å². The van der Waals surface area contributed by atoms with Crippen LogP contribution in [0.4, 0.5) is 0 Å². The molecule has 0 bridgehead atoms. The second-order valence-corrected chi connectivity index (χ2v) is 7.03. The summed E-state index contributed by atoms with van der Waals surface area (Å²) in [6, 6.07) is 7.76. The van der Waals surface area contributed by atoms with Crippen LogP contribution in [0.2, 0.25) is 0 Å². The smallest absolute Gasteiger partial charge is 0.239 e. The average molecular weight is 356 g/mol. The number of hydrogen-bond acceptors (Lipinski definition) is 4. The van der Waals surface area contributed by atoms with Gasteiger partial charge in [-0.2, -0.15) is 5.10 Å². The molecule has 0 spiro atoms. The Morgan fingerprint density at radius 3 is 3.00 bits per heavy atom. The summed E-state index contributed by atoms with van der Waals surface area (Å²) in [5.41, 5.74) is 1.95. The largest absolute Gasteiger partial charge is 0.497 e. The predicted molar refractivity (Wildman–Crippen MR) is 101 cm³/mol. The van der Waals surface area contributed by atoms with Crippen molar-refractivity contribution >= 4 is 5.91 Å². The summed E-state index contributed by atoms with van der Waals surface area (Å²) >= 11 is 0. The molecule has 3 rings (SSSR count). The molecule has 2 aromatic rings. The first-order valence-corrected chi connectivity index (χ1v) is 9.21. The number of amides is 1. The third-order valence-corrected chi connectivity index (χ3v) is 5.06. The van der Waals surface area contributed by atoms with Crippen molar-refractivity contribution in [2.45, 2.75) is 38.3 Å². The van der Waals surface area contributed by atoms with Crippen LogP contribution in [-0.4, -0.2) is 59.3 Å². The van der Waals surface area contributed by atoms with E-state index in [1.807, 2.05) is 53.3 Å². The number of rotatable bonds is 5. The van der Waals surface area contributed by atoms with E-state index in [9.17, 15) is 4.79 Å². The Bertz CT molecular complexity index is 743. The summed E-state index contributed by atoms with van der Waals surface area (Å²) in [4.78, 5) is 16.9. The molecule has 1 fully saturated rings. The van der Waals surface area contributed by atoms with Gasteiger partial charge >= 0.3 is 0 Å². The number of carbonyl (C=O) groups is 1. The highest BCUT2D eigenvalue weighted by Gasteiger charge is 2.27. The van der Waals surface area contributed by atoms with Gasteiger partial charge in [0.1, 0.15) is 5.75 Å². The van der Waals surface area contributed by atoms with Crippen molar-refractivity contribution in [3.05, 3.63) is 42.2 Å². The number of likely N-dealkylation sites (tertiary alicyclic amines) is 1. The molecule has 0 saturated carbocycles. The third kappa shape index (κ3) is 4.25. The van der Waals surface area contributed by atoms with Gasteiger partial charge in [0.25, 0.3) is 0 Å². The summed E-state index contributed by atoms with van der Waals surface area (Å²) in [6.45, 7) is 1.56. The van der Waals surface area contributed by atoms with Crippen molar-refractivity contribution in [3.8, 4) is 11.4 Å². The Morgan fingerprint density at radius 1 is 1.35 bits per heavy atom. The van der Waals surface area contributed by atoms with Crippen molar-refractivity contribution in [1.29, 1.82) is 0 Å². The molecule has 6 nitrogen and oxygen atoms in total. The van der Waals surface area contributed by atoms with Crippen LogP contribution in [0.5, 0.6) is 5.75 Å². The molecular formula is C20H28N4O2. The van der Waals surface area contributed by atoms with Gasteiger partial charge in [0, 0.05) is 31.4 Å². The number of nitrogens with zero attached hydrogens (tertiary/aromatic N) is 4. The predicted octanol–water partition coefficient (Wildman–Crippen LogP) is 2.71. The highest BCUT2D eigenvalue weighted by atomic mass is 16.5. The molecule has 0 aliphatic carbocycles. The molecule has 26 heavy (non-hydrogen) atoms. The molecule has 1 aromatic carbocycles. The molecular weight excluding hydrogens is 328 g/mol. The lowest BCUT2D eigenvalue weighted by molar-refractivity contribution is -0.135. The number of ether oxygens (including phenoxy) is 1. The summed E-state index contributed by atoms with van der Waals surface area (Å²) in [7, 11) is 5.59. The molecule has 1 atom stereocenters. The zero-order valence-electron chi connectivity index (χ0n) is 15.9. The summed E-state index contributed by atoms with van der Waals surface area (Å²) in [6.07, 6.45) is 8.25. The molecule has 0 N–H and O–H groups in total. The van der Waals surface area contributed by atoms with Gasteiger partial charge < -0.3 is 9.64 Å². The van der Waals surface area contributed by atoms with Gasteiger partial charge in [-0.05, 0) is 38.6 Å². The normalized spacial score (nSPS) is 18.3. The number of aromatic nitrogens is 2. The molecule has 2 heterocycles. The quantitative estimate of drug-likeness (QED) is 0.827. The summed E-state index contributed by atoms with van der Waals surface area (Å²) < 4.78 is 7.08. The molecule has 1 amide bonds. The lowest BCUT2D eigenvalue weighted by Gasteiger charge is -2.28. The zero-order chi connectivity index (χ0) is 18.5. The van der Waals surface area contributed by atoms with Gasteiger partial charge in [0.2, 0.25) is 5.91 Å². The minimum absolute atomic E-state index is 0.00377. The highest BCUT2D eigenvalue weighted by Crippen LogP contribution is 2.19. The Labute approximate surface area is 155 Å². The zero-order valence-corrected chi connectivity index (χ0v) is 15.9. The van der Waals surface area contributed by atoms with E-state index < -0.39 is 0 Å². The number of hydrogen-bond donors (Lipinski definition) is 0. The van der Waals surface area contributed by atoms with E-state index in [1.54, 1.807) is 7.11 Å². The number of carbonyl (C=O) groups excluding carboxylic acids is 1. The molecule has 6 heteroatoms. The molecule has 1 aliphatic rings. The summed E-state index contributed by atoms with van der Waals surface area (Å²) in [5.74, 6) is 0.992. The lowest BCUT2D eigenvalue weighted by atomic mass is 10.1. The maximum Gasteiger partial charge on any atom is 0.239 e. The van der Waals surface area contributed by atoms with Crippen LogP contribution in [0.15, 0.2) is 36.7 Å². The van der Waals surface area contributed by atoms with Crippen LogP contribution >= 0.6 is 0 Å². The van der Waals surface area contributed by atoms with Gasteiger partial charge in [-0.25, -0.2) is 4.68 Å². The van der Waals surface area contributed by atoms with E-state index in [0.717, 1.165) is 36.4 Å². The highest BCUT2D eigenvalue weighted by molar-refractivity contribution is 5.81. The first-order chi connectivity index (χ1) is 12.6. The lowest BCUT2D eigenvalue weighted by Crippen LogP contribution is -2.45. The third-order valence-electron chi connectivity index (χ3n) is 5.06. The van der Waals surface area contributed by atoms with E-state index in [-0.39, 0.29) is 11.9 Å². The van der Waals surface area contributed by atoms with Crippen LogP contribution < -0.4 is 4.74 Å². The minimum atomic E-state index is -0.00377. The van der Waals surface area contributed by atoms with Crippen molar-refractivity contribution in [1.82, 2.24) is 19.6 Å². The molecule has 1 aromatic heterocycles. The van der Waals surface area contributed by atoms with E-state index in [0.29, 0.717) is 6.54 Å². The number of methoxy groups -OCH3 is 1. The molecule has 0 radical (unpaired) electrons. The van der Waals surface area contributed by atoms with Crippen LogP contribution in [0.3, 0.4) is 0 Å². The molecule has 0 unspecified atom stereocenters. The Kier molecular flexibility index (Phi) is 5.93. The second-order valence-electron chi connectivity index (χ2n) is 7.03. The van der Waals surface area contributed by atoms with Gasteiger partial charge in [-0.15, -0.1) is 0 Å². The van der Waals surface area contributed by atoms with Crippen molar-refractivity contribution in [2.24, 2.45) is 0 Å². The summed E-state index contributed by atoms with van der Waals surface area (Å²) in [5, 5.41) is 4.43. The van der Waals surface area contributed by atoms with Crippen molar-refractivity contribution < 1.29 is 9.53 Å². The second kappa shape index (κ2) is 8.36. The van der Waals surface area contributed by atoms with Crippen LogP contribution in [-0.2, 0) is 11.3 Å². The van der Waals surface area contributed by atoms with Crippen LogP contribution in [0.25, 0.3) is 5.69 Å². The number of benzene rings is 1. The fourth-order valence-electron chi connectivity index (χ4n) is 3.51. The Balaban J connectivity index is 1.67. The Hall–Kier alpha value is -2.34. The van der Waals surface area contributed by atoms with Gasteiger partial charge in [0.15, 0.2) is 0 Å². The van der Waals surface area contributed by atoms with Crippen LogP contribution in [0, 0.1) is 0 Å². The van der Waals surface area contributed by atoms with E-state index in [1.165, 1.54) is 12.8 Å². The first-order valence-electron chi connectivity index (χ1n) is 9.21. The topological polar surface area (TPSA) is 50.6 Å². The Morgan fingerprint density at radius 2 is 2.19 bits per heavy atom. The SMILES string of the molecule is COc1cccc(-n2cc(CN(C)C(=O)[C@@H]3CCCCCN3C)cn2)c1. The van der Waals surface area contributed by atoms with Gasteiger partial charge in [0.05, 0.1) is 25.0 Å². The van der Waals surface area contributed by atoms with E-state index in [4.69, 9.17) is 4.74 Å². The minimum Gasteiger partial charge on any atom is -0.497 e. The number of likely N-dealkylation sites (N-methyl/N-ethyl adjacent to an activating group) is 2. The van der Waals surface area contributed by atoms with Crippen molar-refractivity contribution in [2.75, 3.05) is 27.7 Å². The van der Waals surface area contributed by atoms with E-state index >= 15 is 0 Å². The monoisotopic (exact) mass is 356 g/mol. The molecule has 1 saturated heterocycles. The maximum atomic E-state index is 12.9. The van der Waals surface area contributed by atoms with E-state index in [2.05, 4.69) is 17.0 Å². The molecule has 140 valence electrons. The fourth-order valence-corrected chi connectivity index (χ4v) is 3.51. The average Bonchev–Trinajstić information content (AvgIpc) is 3.01. The standard InChI is InChI=1S/C20H28N4O2/c1-22-11-6-4-5-10-19(22)20(25)23(2)14-16-13-21-24(15-16)17-8-7-9-18(12-17)26-3/h7-9,12-13,15,19H,4-6,10-11,14H2,1-3H3/t19-/m0/s1. The molecule has 1 aliphatic heterocycles. The van der Waals surface area contributed by atoms with Crippen molar-refractivity contribution in [3.63, 3.8) is 0 Å².